The topological polar surface area (TPSA) is 156 Å². The largest absolute Gasteiger partial charge is 0.481 e. The molecule has 1 atom stereocenters. The molecule has 1 amide bonds. The molecular weight excluding hydrogens is 604 g/mol. The minimum Gasteiger partial charge on any atom is -0.481 e. The van der Waals surface area contributed by atoms with Gasteiger partial charge >= 0.3 is 0 Å². The van der Waals surface area contributed by atoms with Gasteiger partial charge in [0.15, 0.2) is 20.6 Å². The Kier molecular flexibility index (Phi) is 8.70. The van der Waals surface area contributed by atoms with Crippen molar-refractivity contribution in [3.8, 4) is 5.88 Å². The molecule has 0 unspecified atom stereocenters. The second kappa shape index (κ2) is 11.1. The predicted molar refractivity (Wildman–Crippen MR) is 144 cm³/mol. The Morgan fingerprint density at radius 1 is 1.29 bits per heavy atom. The summed E-state index contributed by atoms with van der Waals surface area (Å²) in [6.45, 7) is 6.82. The van der Waals surface area contributed by atoms with Crippen molar-refractivity contribution in [3.63, 3.8) is 0 Å². The highest BCUT2D eigenvalue weighted by Gasteiger charge is 2.29. The van der Waals surface area contributed by atoms with E-state index in [-0.39, 0.29) is 52.2 Å². The minimum atomic E-state index is -3.93. The van der Waals surface area contributed by atoms with E-state index in [0.29, 0.717) is 16.8 Å². The summed E-state index contributed by atoms with van der Waals surface area (Å²) in [5.74, 6) is 0.0426. The first-order valence-electron chi connectivity index (χ1n) is 11.2. The molecule has 13 nitrogen and oxygen atoms in total. The highest BCUT2D eigenvalue weighted by molar-refractivity contribution is 9.10. The normalized spacial score (nSPS) is 13.0. The van der Waals surface area contributed by atoms with Crippen LogP contribution < -0.4 is 4.74 Å². The van der Waals surface area contributed by atoms with Crippen LogP contribution in [0.3, 0.4) is 0 Å². The number of rotatable bonds is 11. The van der Waals surface area contributed by atoms with E-state index in [0.717, 1.165) is 10.3 Å². The zero-order chi connectivity index (χ0) is 28.6. The number of methoxy groups -OCH3 is 1. The molecule has 0 saturated carbocycles. The average molecular weight is 634 g/mol. The van der Waals surface area contributed by atoms with Crippen LogP contribution in [0, 0.1) is 6.92 Å². The zero-order valence-electron chi connectivity index (χ0n) is 21.8. The Morgan fingerprint density at radius 2 is 1.95 bits per heavy atom. The first-order valence-corrected chi connectivity index (χ1v) is 15.4. The Morgan fingerprint density at radius 3 is 2.53 bits per heavy atom. The van der Waals surface area contributed by atoms with Crippen molar-refractivity contribution in [1.82, 2.24) is 28.9 Å². The maximum Gasteiger partial charge on any atom is 0.274 e. The van der Waals surface area contributed by atoms with Crippen molar-refractivity contribution in [2.24, 2.45) is 7.05 Å². The van der Waals surface area contributed by atoms with Gasteiger partial charge < -0.3 is 14.4 Å². The third-order valence-electron chi connectivity index (χ3n) is 5.77. The molecule has 0 saturated heterocycles. The summed E-state index contributed by atoms with van der Waals surface area (Å²) in [5.41, 5.74) is 1.05. The van der Waals surface area contributed by atoms with Crippen LogP contribution in [0.5, 0.6) is 5.88 Å². The third kappa shape index (κ3) is 5.62. The number of sulfone groups is 1. The fourth-order valence-corrected chi connectivity index (χ4v) is 6.33. The fourth-order valence-electron chi connectivity index (χ4n) is 3.74. The summed E-state index contributed by atoms with van der Waals surface area (Å²) in [6, 6.07) is 1.29. The maximum absolute atomic E-state index is 13.2. The molecule has 0 fully saturated rings. The molecule has 3 heterocycles. The van der Waals surface area contributed by atoms with Gasteiger partial charge in [-0.1, -0.05) is 12.7 Å². The number of aryl methyl sites for hydroxylation is 2. The molecule has 0 bridgehead atoms. The van der Waals surface area contributed by atoms with Crippen LogP contribution in [-0.4, -0.2) is 97.0 Å². The smallest absolute Gasteiger partial charge is 0.274 e. The lowest BCUT2D eigenvalue weighted by atomic mass is 10.2. The lowest BCUT2D eigenvalue weighted by molar-refractivity contribution is 0.0691. The van der Waals surface area contributed by atoms with Crippen molar-refractivity contribution < 1.29 is 31.1 Å². The molecule has 0 N–H and O–H groups in total. The number of pyridine rings is 1. The molecule has 0 radical (unpaired) electrons. The molecular formula is C22H29BrN6O7S2. The molecule has 38 heavy (non-hydrogen) atoms. The number of nitrogens with zero attached hydrogens (tertiary/aromatic N) is 6. The van der Waals surface area contributed by atoms with Gasteiger partial charge in [-0.3, -0.25) is 4.79 Å². The second-order valence-electron chi connectivity index (χ2n) is 8.60. The van der Waals surface area contributed by atoms with Crippen molar-refractivity contribution in [2.75, 3.05) is 40.2 Å². The van der Waals surface area contributed by atoms with E-state index < -0.39 is 25.1 Å². The standard InChI is InChI=1S/C22H29BrN6O7S2/c1-8-15-18(25-28(5)22(15)35-6)21(30)27(4)9-10-36-12-13(2)38(33,34)17-11-16-19(14(3)24-17)29(26-20(16)23)37(7,31)32/h8,11,13H,1,9-10,12H2,2-7H3/t13-/m0/s1. The van der Waals surface area contributed by atoms with E-state index in [1.807, 2.05) is 0 Å². The van der Waals surface area contributed by atoms with Crippen molar-refractivity contribution in [2.45, 2.75) is 24.1 Å². The number of carbonyl (C=O) groups excluding carboxylic acids is 1. The second-order valence-corrected chi connectivity index (χ2v) is 13.5. The van der Waals surface area contributed by atoms with E-state index in [9.17, 15) is 21.6 Å². The molecule has 0 aromatic carbocycles. The van der Waals surface area contributed by atoms with E-state index in [1.165, 1.54) is 42.7 Å². The predicted octanol–water partition coefficient (Wildman–Crippen LogP) is 1.65. The van der Waals surface area contributed by atoms with Crippen LogP contribution in [0.1, 0.15) is 28.7 Å². The number of hydrogen-bond donors (Lipinski definition) is 0. The van der Waals surface area contributed by atoms with E-state index in [2.05, 4.69) is 37.7 Å². The number of amides is 1. The highest BCUT2D eigenvalue weighted by atomic mass is 79.9. The Hall–Kier alpha value is -2.82. The summed E-state index contributed by atoms with van der Waals surface area (Å²) < 4.78 is 63.8. The van der Waals surface area contributed by atoms with Gasteiger partial charge in [-0.2, -0.15) is 9.19 Å². The summed E-state index contributed by atoms with van der Waals surface area (Å²) >= 11 is 3.20. The molecule has 3 aromatic rings. The van der Waals surface area contributed by atoms with E-state index >= 15 is 0 Å². The molecule has 0 spiro atoms. The van der Waals surface area contributed by atoms with Crippen LogP contribution in [0.25, 0.3) is 17.0 Å². The van der Waals surface area contributed by atoms with Gasteiger partial charge in [0.05, 0.1) is 43.1 Å². The number of aromatic nitrogens is 5. The molecule has 3 aromatic heterocycles. The summed E-state index contributed by atoms with van der Waals surface area (Å²) in [5, 5.41) is 7.28. The SMILES string of the molecule is C=Cc1c(C(=O)N(C)CCOC[C@H](C)S(=O)(=O)c2cc3c(Br)nn(S(C)(=O)=O)c3c(C)n2)nn(C)c1OC. The zero-order valence-corrected chi connectivity index (χ0v) is 25.0. The molecule has 16 heteroatoms. The molecule has 0 aliphatic rings. The van der Waals surface area contributed by atoms with Crippen LogP contribution in [-0.2, 0) is 31.6 Å². The minimum absolute atomic E-state index is 0.0770. The Balaban J connectivity index is 1.68. The lowest BCUT2D eigenvalue weighted by Crippen LogP contribution is -2.32. The van der Waals surface area contributed by atoms with Crippen LogP contribution >= 0.6 is 15.9 Å². The molecule has 208 valence electrons. The quantitative estimate of drug-likeness (QED) is 0.285. The Bertz CT molecular complexity index is 1610. The van der Waals surface area contributed by atoms with Gasteiger partial charge in [-0.25, -0.2) is 26.5 Å². The van der Waals surface area contributed by atoms with E-state index in [1.54, 1.807) is 14.1 Å². The number of likely N-dealkylation sites (N-methyl/N-ethyl adjacent to an activating group) is 1. The van der Waals surface area contributed by atoms with Gasteiger partial charge in [0.2, 0.25) is 5.88 Å². The lowest BCUT2D eigenvalue weighted by Gasteiger charge is -2.18. The first kappa shape index (κ1) is 29.7. The van der Waals surface area contributed by atoms with Gasteiger partial charge in [0.25, 0.3) is 15.9 Å². The number of hydrogen-bond acceptors (Lipinski definition) is 10. The summed E-state index contributed by atoms with van der Waals surface area (Å²) in [4.78, 5) is 18.4. The Labute approximate surface area is 229 Å². The van der Waals surface area contributed by atoms with Crippen LogP contribution in [0.15, 0.2) is 22.3 Å². The number of carbonyl (C=O) groups is 1. The number of fused-ring (bicyclic) bond motifs is 1. The van der Waals surface area contributed by atoms with Gasteiger partial charge in [-0.05, 0) is 35.8 Å². The number of ether oxygens (including phenoxy) is 2. The highest BCUT2D eigenvalue weighted by Crippen LogP contribution is 2.29. The van der Waals surface area contributed by atoms with Gasteiger partial charge in [-0.15, -0.1) is 5.10 Å². The first-order chi connectivity index (χ1) is 17.6. The monoisotopic (exact) mass is 632 g/mol. The van der Waals surface area contributed by atoms with Crippen LogP contribution in [0.4, 0.5) is 0 Å². The van der Waals surface area contributed by atoms with Crippen molar-refractivity contribution in [3.05, 3.63) is 34.2 Å². The molecule has 0 aliphatic carbocycles. The van der Waals surface area contributed by atoms with Gasteiger partial charge in [0.1, 0.15) is 10.1 Å². The summed E-state index contributed by atoms with van der Waals surface area (Å²) in [7, 11) is -2.95. The van der Waals surface area contributed by atoms with E-state index in [4.69, 9.17) is 9.47 Å². The maximum atomic E-state index is 13.2. The third-order valence-corrected chi connectivity index (χ3v) is 9.24. The van der Waals surface area contributed by atoms with Crippen LogP contribution in [0.2, 0.25) is 0 Å². The fraction of sp³-hybridized carbons (Fsp3) is 0.455. The molecule has 3 rings (SSSR count). The summed E-state index contributed by atoms with van der Waals surface area (Å²) in [6.07, 6.45) is 2.49. The molecule has 0 aliphatic heterocycles. The van der Waals surface area contributed by atoms with Crippen molar-refractivity contribution in [1.29, 1.82) is 0 Å². The average Bonchev–Trinajstić information content (AvgIpc) is 3.37. The van der Waals surface area contributed by atoms with Gasteiger partial charge in [0, 0.05) is 26.0 Å². The number of halogens is 1. The van der Waals surface area contributed by atoms with Crippen molar-refractivity contribution >= 4 is 58.7 Å².